The molecule has 0 aromatic heterocycles. The predicted octanol–water partition coefficient (Wildman–Crippen LogP) is 3.84. The normalized spacial score (nSPS) is 15.1. The van der Waals surface area contributed by atoms with Gasteiger partial charge in [-0.05, 0) is 43.2 Å². The van der Waals surface area contributed by atoms with E-state index in [4.69, 9.17) is 16.3 Å². The average Bonchev–Trinajstić information content (AvgIpc) is 2.71. The van der Waals surface area contributed by atoms with Crippen molar-refractivity contribution in [2.24, 2.45) is 0 Å². The van der Waals surface area contributed by atoms with E-state index in [2.05, 4.69) is 5.32 Å². The number of anilines is 1. The second kappa shape index (κ2) is 9.11. The first-order chi connectivity index (χ1) is 13.8. The molecular formula is C20H22ClFN2O4S. The molecule has 1 fully saturated rings. The molecular weight excluding hydrogens is 419 g/mol. The lowest BCUT2D eigenvalue weighted by Crippen LogP contribution is -2.35. The summed E-state index contributed by atoms with van der Waals surface area (Å²) in [7, 11) is -2.26. The minimum atomic E-state index is -3.67. The number of ether oxygens (including phenoxy) is 1. The highest BCUT2D eigenvalue weighted by Crippen LogP contribution is 2.30. The molecule has 0 aliphatic carbocycles. The number of sulfonamides is 1. The Hall–Kier alpha value is -2.16. The maximum Gasteiger partial charge on any atom is 0.243 e. The molecule has 9 heteroatoms. The van der Waals surface area contributed by atoms with Gasteiger partial charge in [0.1, 0.15) is 11.6 Å². The Balaban J connectivity index is 1.84. The largest absolute Gasteiger partial charge is 0.495 e. The molecule has 1 aliphatic heterocycles. The maximum atomic E-state index is 13.9. The molecule has 0 unspecified atom stereocenters. The summed E-state index contributed by atoms with van der Waals surface area (Å²) in [6.45, 7) is 0.948. The number of benzene rings is 2. The number of rotatable bonds is 6. The first-order valence-corrected chi connectivity index (χ1v) is 11.1. The monoisotopic (exact) mass is 440 g/mol. The number of methoxy groups -OCH3 is 1. The summed E-state index contributed by atoms with van der Waals surface area (Å²) in [5, 5.41) is 2.75. The zero-order chi connectivity index (χ0) is 21.0. The second-order valence-corrected chi connectivity index (χ2v) is 9.10. The third-order valence-electron chi connectivity index (χ3n) is 4.80. The van der Waals surface area contributed by atoms with Crippen LogP contribution in [0.3, 0.4) is 0 Å². The van der Waals surface area contributed by atoms with Gasteiger partial charge in [-0.1, -0.05) is 24.1 Å². The van der Waals surface area contributed by atoms with E-state index in [1.165, 1.54) is 47.8 Å². The fourth-order valence-electron chi connectivity index (χ4n) is 3.26. The SMILES string of the molecule is COc1ccc(S(=O)(=O)N2CCCCC2)cc1NC(=O)Cc1c(F)cccc1Cl. The van der Waals surface area contributed by atoms with Crippen molar-refractivity contribution in [1.82, 2.24) is 4.31 Å². The van der Waals surface area contributed by atoms with Crippen LogP contribution in [-0.2, 0) is 21.2 Å². The fourth-order valence-corrected chi connectivity index (χ4v) is 5.03. The third-order valence-corrected chi connectivity index (χ3v) is 7.05. The van der Waals surface area contributed by atoms with Gasteiger partial charge in [0.2, 0.25) is 15.9 Å². The van der Waals surface area contributed by atoms with Crippen molar-refractivity contribution in [1.29, 1.82) is 0 Å². The molecule has 6 nitrogen and oxygen atoms in total. The van der Waals surface area contributed by atoms with Crippen LogP contribution < -0.4 is 10.1 Å². The van der Waals surface area contributed by atoms with Gasteiger partial charge in [0.25, 0.3) is 0 Å². The molecule has 1 aliphatic rings. The zero-order valence-electron chi connectivity index (χ0n) is 16.0. The van der Waals surface area contributed by atoms with Crippen LogP contribution in [0, 0.1) is 5.82 Å². The van der Waals surface area contributed by atoms with Crippen molar-refractivity contribution < 1.29 is 22.3 Å². The van der Waals surface area contributed by atoms with Gasteiger partial charge in [-0.2, -0.15) is 4.31 Å². The number of carbonyl (C=O) groups excluding carboxylic acids is 1. The Kier molecular flexibility index (Phi) is 6.77. The van der Waals surface area contributed by atoms with Crippen LogP contribution in [0.2, 0.25) is 5.02 Å². The van der Waals surface area contributed by atoms with Crippen LogP contribution in [-0.4, -0.2) is 38.8 Å². The molecule has 3 rings (SSSR count). The number of hydrogen-bond donors (Lipinski definition) is 1. The summed E-state index contributed by atoms with van der Waals surface area (Å²) in [5.74, 6) is -0.820. The molecule has 2 aromatic carbocycles. The molecule has 0 spiro atoms. The Labute approximate surface area is 174 Å². The van der Waals surface area contributed by atoms with Crippen molar-refractivity contribution in [3.05, 3.63) is 52.8 Å². The fraction of sp³-hybridized carbons (Fsp3) is 0.350. The Morgan fingerprint density at radius 1 is 1.21 bits per heavy atom. The number of hydrogen-bond acceptors (Lipinski definition) is 4. The zero-order valence-corrected chi connectivity index (χ0v) is 17.5. The smallest absolute Gasteiger partial charge is 0.243 e. The first kappa shape index (κ1) is 21.5. The number of carbonyl (C=O) groups is 1. The van der Waals surface area contributed by atoms with Gasteiger partial charge in [-0.25, -0.2) is 12.8 Å². The van der Waals surface area contributed by atoms with Crippen molar-refractivity contribution in [3.63, 3.8) is 0 Å². The molecule has 29 heavy (non-hydrogen) atoms. The Morgan fingerprint density at radius 2 is 1.93 bits per heavy atom. The lowest BCUT2D eigenvalue weighted by Gasteiger charge is -2.26. The van der Waals surface area contributed by atoms with E-state index in [1.54, 1.807) is 0 Å². The highest BCUT2D eigenvalue weighted by Gasteiger charge is 2.27. The number of piperidine rings is 1. The predicted molar refractivity (Wildman–Crippen MR) is 109 cm³/mol. The van der Waals surface area contributed by atoms with E-state index in [1.807, 2.05) is 0 Å². The third kappa shape index (κ3) is 4.88. The molecule has 1 amide bonds. The van der Waals surface area contributed by atoms with Crippen LogP contribution >= 0.6 is 11.6 Å². The quantitative estimate of drug-likeness (QED) is 0.740. The van der Waals surface area contributed by atoms with E-state index >= 15 is 0 Å². The summed E-state index contributed by atoms with van der Waals surface area (Å²) in [4.78, 5) is 12.5. The van der Waals surface area contributed by atoms with Crippen molar-refractivity contribution in [2.45, 2.75) is 30.6 Å². The molecule has 0 saturated carbocycles. The van der Waals surface area contributed by atoms with Crippen molar-refractivity contribution >= 4 is 33.2 Å². The molecule has 156 valence electrons. The van der Waals surface area contributed by atoms with Crippen molar-refractivity contribution in [2.75, 3.05) is 25.5 Å². The van der Waals surface area contributed by atoms with Gasteiger partial charge in [-0.3, -0.25) is 4.79 Å². The van der Waals surface area contributed by atoms with Crippen LogP contribution in [0.25, 0.3) is 0 Å². The second-order valence-electron chi connectivity index (χ2n) is 6.75. The van der Waals surface area contributed by atoms with Gasteiger partial charge in [-0.15, -0.1) is 0 Å². The van der Waals surface area contributed by atoms with Crippen LogP contribution in [0.5, 0.6) is 5.75 Å². The molecule has 1 saturated heterocycles. The number of nitrogens with zero attached hydrogens (tertiary/aromatic N) is 1. The van der Waals surface area contributed by atoms with E-state index in [0.29, 0.717) is 18.8 Å². The van der Waals surface area contributed by atoms with E-state index < -0.39 is 21.7 Å². The molecule has 0 atom stereocenters. The molecule has 0 bridgehead atoms. The van der Waals surface area contributed by atoms with Crippen LogP contribution in [0.15, 0.2) is 41.3 Å². The van der Waals surface area contributed by atoms with Gasteiger partial charge in [0.15, 0.2) is 0 Å². The Morgan fingerprint density at radius 3 is 2.59 bits per heavy atom. The maximum absolute atomic E-state index is 13.9. The number of halogens is 2. The highest BCUT2D eigenvalue weighted by molar-refractivity contribution is 7.89. The van der Waals surface area contributed by atoms with Gasteiger partial charge in [0.05, 0.1) is 24.1 Å². The molecule has 0 radical (unpaired) electrons. The average molecular weight is 441 g/mol. The Bertz CT molecular complexity index is 987. The van der Waals surface area contributed by atoms with E-state index in [0.717, 1.165) is 19.3 Å². The molecule has 1 N–H and O–H groups in total. The summed E-state index contributed by atoms with van der Waals surface area (Å²) >= 11 is 5.98. The highest BCUT2D eigenvalue weighted by atomic mass is 35.5. The first-order valence-electron chi connectivity index (χ1n) is 9.24. The van der Waals surface area contributed by atoms with Gasteiger partial charge >= 0.3 is 0 Å². The number of amides is 1. The van der Waals surface area contributed by atoms with Crippen LogP contribution in [0.1, 0.15) is 24.8 Å². The minimum Gasteiger partial charge on any atom is -0.495 e. The summed E-state index contributed by atoms with van der Waals surface area (Å²) in [6.07, 6.45) is 2.36. The topological polar surface area (TPSA) is 75.7 Å². The lowest BCUT2D eigenvalue weighted by atomic mass is 10.1. The lowest BCUT2D eigenvalue weighted by molar-refractivity contribution is -0.115. The summed E-state index contributed by atoms with van der Waals surface area (Å²) < 4.78 is 46.4. The van der Waals surface area contributed by atoms with E-state index in [9.17, 15) is 17.6 Å². The summed E-state index contributed by atoms with van der Waals surface area (Å²) in [6, 6.07) is 8.48. The standard InChI is InChI=1S/C20H22ClFN2O4S/c1-28-19-9-8-14(29(26,27)24-10-3-2-4-11-24)12-18(19)23-20(25)13-15-16(21)6-5-7-17(15)22/h5-9,12H,2-4,10-11,13H2,1H3,(H,23,25). The molecule has 2 aromatic rings. The van der Waals surface area contributed by atoms with Crippen molar-refractivity contribution in [3.8, 4) is 5.75 Å². The van der Waals surface area contributed by atoms with E-state index in [-0.39, 0.29) is 27.6 Å². The van der Waals surface area contributed by atoms with Crippen LogP contribution in [0.4, 0.5) is 10.1 Å². The molecule has 1 heterocycles. The van der Waals surface area contributed by atoms with Gasteiger partial charge in [0, 0.05) is 23.7 Å². The minimum absolute atomic E-state index is 0.0689. The number of nitrogens with one attached hydrogen (secondary N) is 1. The summed E-state index contributed by atoms with van der Waals surface area (Å²) in [5.41, 5.74) is 0.269. The van der Waals surface area contributed by atoms with Gasteiger partial charge < -0.3 is 10.1 Å².